The van der Waals surface area contributed by atoms with Crippen LogP contribution in [-0.4, -0.2) is 22.3 Å². The molecule has 0 atom stereocenters. The minimum Gasteiger partial charge on any atom is -0.522 e. The van der Waals surface area contributed by atoms with Crippen LogP contribution in [0.2, 0.25) is 0 Å². The van der Waals surface area contributed by atoms with Crippen molar-refractivity contribution in [3.63, 3.8) is 0 Å². The predicted octanol–water partition coefficient (Wildman–Crippen LogP) is -1.20. The summed E-state index contributed by atoms with van der Waals surface area (Å²) in [4.78, 5) is 0. The SMILES string of the molecule is OB([OH2+])c1ccccc1O. The molecule has 1 aromatic rings. The highest BCUT2D eigenvalue weighted by Gasteiger charge is 2.24. The van der Waals surface area contributed by atoms with Gasteiger partial charge < -0.3 is 15.2 Å². The Balaban J connectivity index is 3.03. The third kappa shape index (κ3) is 1.29. The maximum atomic E-state index is 9.00. The van der Waals surface area contributed by atoms with Gasteiger partial charge in [-0.1, -0.05) is 18.2 Å². The molecule has 0 aliphatic carbocycles. The van der Waals surface area contributed by atoms with E-state index in [1.54, 1.807) is 12.1 Å². The van der Waals surface area contributed by atoms with Crippen LogP contribution in [0.4, 0.5) is 0 Å². The van der Waals surface area contributed by atoms with Gasteiger partial charge in [-0.3, -0.25) is 0 Å². The molecule has 0 radical (unpaired) electrons. The summed E-state index contributed by atoms with van der Waals surface area (Å²) in [5.41, 5.74) is 0.238. The molecule has 0 fully saturated rings. The number of hydrogen-bond acceptors (Lipinski definition) is 2. The zero-order valence-electron chi connectivity index (χ0n) is 5.28. The Morgan fingerprint density at radius 3 is 2.30 bits per heavy atom. The first kappa shape index (κ1) is 7.12. The molecule has 0 saturated carbocycles. The quantitative estimate of drug-likeness (QED) is 0.379. The van der Waals surface area contributed by atoms with Crippen molar-refractivity contribution in [1.82, 2.24) is 0 Å². The Morgan fingerprint density at radius 1 is 1.30 bits per heavy atom. The minimum absolute atomic E-state index is 0.0370. The van der Waals surface area contributed by atoms with Crippen LogP contribution in [0.5, 0.6) is 5.75 Å². The van der Waals surface area contributed by atoms with Crippen LogP contribution in [0.1, 0.15) is 0 Å². The molecule has 0 heterocycles. The second-order valence-electron chi connectivity index (χ2n) is 1.96. The number of phenols is 1. The lowest BCUT2D eigenvalue weighted by molar-refractivity contribution is 0.419. The molecule has 0 spiro atoms. The summed E-state index contributed by atoms with van der Waals surface area (Å²) in [6, 6.07) is 6.24. The highest BCUT2D eigenvalue weighted by molar-refractivity contribution is 6.59. The summed E-state index contributed by atoms with van der Waals surface area (Å²) in [6.45, 7) is 0. The van der Waals surface area contributed by atoms with Gasteiger partial charge in [-0.05, 0) is 6.07 Å². The van der Waals surface area contributed by atoms with Crippen molar-refractivity contribution in [1.29, 1.82) is 0 Å². The molecule has 0 aromatic heterocycles. The molecule has 52 valence electrons. The van der Waals surface area contributed by atoms with Crippen LogP contribution in [0.25, 0.3) is 0 Å². The van der Waals surface area contributed by atoms with Gasteiger partial charge in [-0.15, -0.1) is 0 Å². The van der Waals surface area contributed by atoms with E-state index < -0.39 is 7.12 Å². The normalized spacial score (nSPS) is 9.40. The fourth-order valence-corrected chi connectivity index (χ4v) is 0.719. The van der Waals surface area contributed by atoms with Crippen LogP contribution in [0, 0.1) is 0 Å². The van der Waals surface area contributed by atoms with Gasteiger partial charge in [0.05, 0.1) is 5.46 Å². The van der Waals surface area contributed by atoms with E-state index in [1.165, 1.54) is 12.1 Å². The molecule has 0 aliphatic heterocycles. The van der Waals surface area contributed by atoms with E-state index in [2.05, 4.69) is 0 Å². The Kier molecular flexibility index (Phi) is 1.94. The van der Waals surface area contributed by atoms with Gasteiger partial charge in [-0.25, -0.2) is 0 Å². The van der Waals surface area contributed by atoms with Crippen molar-refractivity contribution < 1.29 is 15.2 Å². The standard InChI is InChI=1S/C6H7BO3/c8-6-4-2-1-3-5(6)7(9)10/h1-4,8-10H/p+1. The smallest absolute Gasteiger partial charge is 0.522 e. The molecule has 3 nitrogen and oxygen atoms in total. The van der Waals surface area contributed by atoms with Crippen LogP contribution < -0.4 is 5.46 Å². The van der Waals surface area contributed by atoms with Crippen molar-refractivity contribution in [3.05, 3.63) is 24.3 Å². The van der Waals surface area contributed by atoms with Gasteiger partial charge in [0.15, 0.2) is 0 Å². The van der Waals surface area contributed by atoms with Crippen LogP contribution in [0.15, 0.2) is 24.3 Å². The number of rotatable bonds is 1. The zero-order valence-corrected chi connectivity index (χ0v) is 5.28. The van der Waals surface area contributed by atoms with E-state index in [9.17, 15) is 0 Å². The summed E-state index contributed by atoms with van der Waals surface area (Å²) in [5.74, 6) is -0.0370. The summed E-state index contributed by atoms with van der Waals surface area (Å²) in [7, 11) is -1.35. The number of para-hydroxylation sites is 1. The van der Waals surface area contributed by atoms with Gasteiger partial charge in [-0.2, -0.15) is 0 Å². The fourth-order valence-electron chi connectivity index (χ4n) is 0.719. The topological polar surface area (TPSA) is 63.4 Å². The average molecular weight is 139 g/mol. The Morgan fingerprint density at radius 2 is 1.90 bits per heavy atom. The maximum Gasteiger partial charge on any atom is 0.731 e. The monoisotopic (exact) mass is 139 g/mol. The zero-order chi connectivity index (χ0) is 7.56. The van der Waals surface area contributed by atoms with Crippen molar-refractivity contribution in [3.8, 4) is 5.75 Å². The van der Waals surface area contributed by atoms with Crippen molar-refractivity contribution >= 4 is 12.6 Å². The van der Waals surface area contributed by atoms with Gasteiger partial charge in [0.2, 0.25) is 0 Å². The second-order valence-corrected chi connectivity index (χ2v) is 1.96. The molecule has 1 rings (SSSR count). The average Bonchev–Trinajstić information content (AvgIpc) is 1.88. The highest BCUT2D eigenvalue weighted by atomic mass is 16.4. The van der Waals surface area contributed by atoms with Crippen molar-refractivity contribution in [2.24, 2.45) is 0 Å². The lowest BCUT2D eigenvalue weighted by atomic mass is 9.80. The third-order valence-corrected chi connectivity index (χ3v) is 1.23. The molecule has 0 amide bonds. The number of hydrogen-bond donors (Lipinski definition) is 2. The number of benzene rings is 1. The summed E-state index contributed by atoms with van der Waals surface area (Å²) in [5, 5.41) is 24.6. The summed E-state index contributed by atoms with van der Waals surface area (Å²) < 4.78 is 0. The first-order valence-corrected chi connectivity index (χ1v) is 2.89. The third-order valence-electron chi connectivity index (χ3n) is 1.23. The highest BCUT2D eigenvalue weighted by Crippen LogP contribution is 2.02. The molecule has 0 saturated heterocycles. The first-order valence-electron chi connectivity index (χ1n) is 2.89. The molecular formula is C6H8BO3+. The largest absolute Gasteiger partial charge is 0.731 e. The summed E-state index contributed by atoms with van der Waals surface area (Å²) >= 11 is 0. The van der Waals surface area contributed by atoms with Crippen LogP contribution in [0.3, 0.4) is 0 Å². The van der Waals surface area contributed by atoms with Gasteiger partial charge in [0.1, 0.15) is 5.75 Å². The van der Waals surface area contributed by atoms with Gasteiger partial charge in [0, 0.05) is 0 Å². The Bertz CT molecular complexity index is 224. The molecule has 4 N–H and O–H groups in total. The van der Waals surface area contributed by atoms with Gasteiger partial charge in [0.25, 0.3) is 0 Å². The Labute approximate surface area is 58.7 Å². The van der Waals surface area contributed by atoms with Crippen LogP contribution in [-0.2, 0) is 0 Å². The van der Waals surface area contributed by atoms with Gasteiger partial charge >= 0.3 is 7.12 Å². The molecule has 0 aliphatic rings. The predicted molar refractivity (Wildman–Crippen MR) is 39.3 cm³/mol. The number of aromatic hydroxyl groups is 1. The number of phenolic OH excluding ortho intramolecular Hbond substituents is 1. The molecule has 0 unspecified atom stereocenters. The minimum atomic E-state index is -1.35. The van der Waals surface area contributed by atoms with E-state index in [-0.39, 0.29) is 11.2 Å². The Hall–Kier alpha value is -0.995. The lowest BCUT2D eigenvalue weighted by Crippen LogP contribution is -2.29. The lowest BCUT2D eigenvalue weighted by Gasteiger charge is -1.95. The molecule has 1 aromatic carbocycles. The summed E-state index contributed by atoms with van der Waals surface area (Å²) in [6.07, 6.45) is 0. The van der Waals surface area contributed by atoms with E-state index in [4.69, 9.17) is 15.2 Å². The van der Waals surface area contributed by atoms with Crippen molar-refractivity contribution in [2.75, 3.05) is 0 Å². The van der Waals surface area contributed by atoms with Crippen LogP contribution >= 0.6 is 0 Å². The van der Waals surface area contributed by atoms with E-state index in [0.29, 0.717) is 0 Å². The second kappa shape index (κ2) is 2.73. The first-order chi connectivity index (χ1) is 4.72. The van der Waals surface area contributed by atoms with E-state index >= 15 is 0 Å². The van der Waals surface area contributed by atoms with E-state index in [1.807, 2.05) is 0 Å². The molecule has 10 heavy (non-hydrogen) atoms. The fraction of sp³-hybridized carbons (Fsp3) is 0. The maximum absolute atomic E-state index is 9.00. The molecule has 4 heteroatoms. The molecular weight excluding hydrogens is 131 g/mol. The van der Waals surface area contributed by atoms with Crippen molar-refractivity contribution in [2.45, 2.75) is 0 Å². The molecule has 0 bridgehead atoms. The van der Waals surface area contributed by atoms with E-state index in [0.717, 1.165) is 0 Å².